The summed E-state index contributed by atoms with van der Waals surface area (Å²) in [6.45, 7) is 4.03. The Morgan fingerprint density at radius 3 is 2.33 bits per heavy atom. The molecule has 1 aromatic heterocycles. The standard InChI is InChI=1S/C22H29F3N4O3S/c1-16-14-27(18-5-6-19(13-18)28-10-9-26-15-28)11-12-29(16)33(31,32)20-7-3-17(4-8-20)21(2,30)22(23,24)25/h3-4,7-10,15-16,18-19,30H,5-6,11-14H2,1-2H3. The lowest BCUT2D eigenvalue weighted by Gasteiger charge is -2.41. The summed E-state index contributed by atoms with van der Waals surface area (Å²) in [5, 5.41) is 9.82. The van der Waals surface area contributed by atoms with Gasteiger partial charge in [0.1, 0.15) is 0 Å². The Hall–Kier alpha value is -1.95. The maximum Gasteiger partial charge on any atom is 0.421 e. The lowest BCUT2D eigenvalue weighted by atomic mass is 9.96. The van der Waals surface area contributed by atoms with Gasteiger partial charge in [-0.1, -0.05) is 12.1 Å². The van der Waals surface area contributed by atoms with Gasteiger partial charge in [-0.15, -0.1) is 0 Å². The van der Waals surface area contributed by atoms with E-state index in [1.54, 1.807) is 6.20 Å². The number of benzene rings is 1. The van der Waals surface area contributed by atoms with E-state index in [-0.39, 0.29) is 10.9 Å². The molecule has 1 saturated heterocycles. The molecule has 1 aliphatic carbocycles. The van der Waals surface area contributed by atoms with Gasteiger partial charge in [-0.25, -0.2) is 13.4 Å². The third-order valence-electron chi connectivity index (χ3n) is 7.01. The Labute approximate surface area is 191 Å². The van der Waals surface area contributed by atoms with E-state index in [2.05, 4.69) is 14.5 Å². The van der Waals surface area contributed by atoms with Crippen LogP contribution in [0.2, 0.25) is 0 Å². The third-order valence-corrected chi connectivity index (χ3v) is 9.04. The summed E-state index contributed by atoms with van der Waals surface area (Å²) in [5.74, 6) is 0. The molecular formula is C22H29F3N4O3S. The molecule has 4 unspecified atom stereocenters. The number of hydrogen-bond donors (Lipinski definition) is 1. The van der Waals surface area contributed by atoms with Crippen LogP contribution in [0.3, 0.4) is 0 Å². The van der Waals surface area contributed by atoms with Crippen molar-refractivity contribution in [2.24, 2.45) is 0 Å². The number of aromatic nitrogens is 2. The fourth-order valence-corrected chi connectivity index (χ4v) is 6.54. The van der Waals surface area contributed by atoms with Crippen molar-refractivity contribution in [3.63, 3.8) is 0 Å². The van der Waals surface area contributed by atoms with Crippen LogP contribution in [0, 0.1) is 0 Å². The van der Waals surface area contributed by atoms with E-state index in [4.69, 9.17) is 0 Å². The highest BCUT2D eigenvalue weighted by Crippen LogP contribution is 2.39. The summed E-state index contributed by atoms with van der Waals surface area (Å²) >= 11 is 0. The molecule has 1 aliphatic heterocycles. The molecule has 2 fully saturated rings. The summed E-state index contributed by atoms with van der Waals surface area (Å²) in [6, 6.07) is 4.84. The fraction of sp³-hybridized carbons (Fsp3) is 0.591. The Morgan fingerprint density at radius 2 is 1.76 bits per heavy atom. The van der Waals surface area contributed by atoms with Crippen molar-refractivity contribution in [3.8, 4) is 0 Å². The second-order valence-corrected chi connectivity index (χ2v) is 11.1. The number of hydrogen-bond acceptors (Lipinski definition) is 5. The van der Waals surface area contributed by atoms with Crippen LogP contribution in [-0.2, 0) is 15.6 Å². The maximum absolute atomic E-state index is 13.2. The first-order valence-corrected chi connectivity index (χ1v) is 12.5. The van der Waals surface area contributed by atoms with Gasteiger partial charge in [0.15, 0.2) is 5.60 Å². The van der Waals surface area contributed by atoms with Crippen LogP contribution >= 0.6 is 0 Å². The Balaban J connectivity index is 1.43. The molecule has 0 amide bonds. The SMILES string of the molecule is CC1CN(C2CCC(n3ccnc3)C2)CCN1S(=O)(=O)c1ccc(C(C)(O)C(F)(F)F)cc1. The van der Waals surface area contributed by atoms with E-state index in [1.165, 1.54) is 4.31 Å². The lowest BCUT2D eigenvalue weighted by molar-refractivity contribution is -0.258. The predicted octanol–water partition coefficient (Wildman–Crippen LogP) is 3.14. The van der Waals surface area contributed by atoms with Crippen molar-refractivity contribution >= 4 is 10.0 Å². The molecule has 1 N–H and O–H groups in total. The minimum atomic E-state index is -4.87. The summed E-state index contributed by atoms with van der Waals surface area (Å²) in [4.78, 5) is 6.39. The highest BCUT2D eigenvalue weighted by molar-refractivity contribution is 7.89. The average molecular weight is 487 g/mol. The van der Waals surface area contributed by atoms with E-state index in [0.717, 1.165) is 43.5 Å². The quantitative estimate of drug-likeness (QED) is 0.703. The summed E-state index contributed by atoms with van der Waals surface area (Å²) in [6.07, 6.45) is 3.81. The number of piperazine rings is 1. The lowest BCUT2D eigenvalue weighted by Crippen LogP contribution is -2.56. The summed E-state index contributed by atoms with van der Waals surface area (Å²) in [5.41, 5.74) is -3.45. The van der Waals surface area contributed by atoms with Gasteiger partial charge in [0.25, 0.3) is 0 Å². The van der Waals surface area contributed by atoms with Crippen molar-refractivity contribution in [3.05, 3.63) is 48.5 Å². The average Bonchev–Trinajstić information content (AvgIpc) is 3.44. The minimum Gasteiger partial charge on any atom is -0.376 e. The van der Waals surface area contributed by atoms with Gasteiger partial charge in [0.05, 0.1) is 11.2 Å². The molecular weight excluding hydrogens is 457 g/mol. The normalized spacial score (nSPS) is 27.5. The van der Waals surface area contributed by atoms with Crippen molar-refractivity contribution < 1.29 is 26.7 Å². The Kier molecular flexibility index (Phi) is 6.36. The zero-order valence-corrected chi connectivity index (χ0v) is 19.4. The Morgan fingerprint density at radius 1 is 1.09 bits per heavy atom. The second kappa shape index (κ2) is 8.68. The number of halogens is 3. The maximum atomic E-state index is 13.2. The molecule has 4 rings (SSSR count). The van der Waals surface area contributed by atoms with Crippen LogP contribution in [-0.4, -0.2) is 70.2 Å². The van der Waals surface area contributed by atoms with E-state index in [0.29, 0.717) is 38.6 Å². The number of alkyl halides is 3. The molecule has 7 nitrogen and oxygen atoms in total. The van der Waals surface area contributed by atoms with Gasteiger partial charge < -0.3 is 9.67 Å². The van der Waals surface area contributed by atoms with E-state index >= 15 is 0 Å². The van der Waals surface area contributed by atoms with Crippen LogP contribution in [0.4, 0.5) is 13.2 Å². The van der Waals surface area contributed by atoms with Crippen molar-refractivity contribution in [2.45, 2.75) is 67.9 Å². The van der Waals surface area contributed by atoms with Gasteiger partial charge in [0, 0.05) is 50.2 Å². The summed E-state index contributed by atoms with van der Waals surface area (Å²) in [7, 11) is -3.87. The van der Waals surface area contributed by atoms with Crippen molar-refractivity contribution in [1.82, 2.24) is 18.8 Å². The van der Waals surface area contributed by atoms with Gasteiger partial charge in [-0.2, -0.15) is 17.5 Å². The van der Waals surface area contributed by atoms with Crippen LogP contribution in [0.1, 0.15) is 44.7 Å². The zero-order valence-electron chi connectivity index (χ0n) is 18.6. The Bertz CT molecular complexity index is 1060. The van der Waals surface area contributed by atoms with Crippen LogP contribution in [0.25, 0.3) is 0 Å². The van der Waals surface area contributed by atoms with Gasteiger partial charge >= 0.3 is 6.18 Å². The molecule has 33 heavy (non-hydrogen) atoms. The number of sulfonamides is 1. The van der Waals surface area contributed by atoms with E-state index < -0.39 is 27.4 Å². The number of imidazole rings is 1. The fourth-order valence-electron chi connectivity index (χ4n) is 4.93. The van der Waals surface area contributed by atoms with Crippen molar-refractivity contribution in [2.75, 3.05) is 19.6 Å². The second-order valence-electron chi connectivity index (χ2n) is 9.18. The number of rotatable bonds is 5. The molecule has 4 atom stereocenters. The smallest absolute Gasteiger partial charge is 0.376 e. The molecule has 11 heteroatoms. The number of nitrogens with zero attached hydrogens (tertiary/aromatic N) is 4. The molecule has 0 bridgehead atoms. The molecule has 2 aromatic rings. The monoisotopic (exact) mass is 486 g/mol. The van der Waals surface area contributed by atoms with E-state index in [1.807, 2.05) is 19.4 Å². The summed E-state index contributed by atoms with van der Waals surface area (Å²) < 4.78 is 69.2. The molecule has 1 saturated carbocycles. The van der Waals surface area contributed by atoms with Crippen LogP contribution < -0.4 is 0 Å². The largest absolute Gasteiger partial charge is 0.421 e. The zero-order chi connectivity index (χ0) is 24.0. The number of aliphatic hydroxyl groups is 1. The molecule has 2 aliphatic rings. The van der Waals surface area contributed by atoms with Gasteiger partial charge in [0.2, 0.25) is 10.0 Å². The first-order chi connectivity index (χ1) is 15.4. The van der Waals surface area contributed by atoms with Crippen molar-refractivity contribution in [1.29, 1.82) is 0 Å². The molecule has 1 aromatic carbocycles. The molecule has 0 spiro atoms. The first-order valence-electron chi connectivity index (χ1n) is 11.0. The minimum absolute atomic E-state index is 0.0782. The first kappa shape index (κ1) is 24.2. The van der Waals surface area contributed by atoms with E-state index in [9.17, 15) is 26.7 Å². The van der Waals surface area contributed by atoms with Gasteiger partial charge in [-0.05, 0) is 50.8 Å². The van der Waals surface area contributed by atoms with Crippen LogP contribution in [0.5, 0.6) is 0 Å². The highest BCUT2D eigenvalue weighted by Gasteiger charge is 2.51. The molecule has 2 heterocycles. The van der Waals surface area contributed by atoms with Crippen LogP contribution in [0.15, 0.2) is 47.9 Å². The predicted molar refractivity (Wildman–Crippen MR) is 116 cm³/mol. The molecule has 0 radical (unpaired) electrons. The highest BCUT2D eigenvalue weighted by atomic mass is 32.2. The van der Waals surface area contributed by atoms with Gasteiger partial charge in [-0.3, -0.25) is 4.90 Å². The molecule has 182 valence electrons. The third kappa shape index (κ3) is 4.55. The topological polar surface area (TPSA) is 78.7 Å².